The van der Waals surface area contributed by atoms with Gasteiger partial charge in [-0.3, -0.25) is 4.79 Å². The van der Waals surface area contributed by atoms with Crippen molar-refractivity contribution in [3.05, 3.63) is 52.8 Å². The molecule has 0 aliphatic rings. The van der Waals surface area contributed by atoms with Crippen LogP contribution in [0.15, 0.2) is 47.2 Å². The molecule has 0 bridgehead atoms. The Kier molecular flexibility index (Phi) is 6.02. The molecule has 1 aromatic carbocycles. The molecule has 0 saturated carbocycles. The summed E-state index contributed by atoms with van der Waals surface area (Å²) >= 11 is 3.37. The third-order valence-corrected chi connectivity index (χ3v) is 3.55. The molecule has 0 aliphatic heterocycles. The average molecular weight is 350 g/mol. The van der Waals surface area contributed by atoms with Crippen molar-refractivity contribution in [1.82, 2.24) is 9.88 Å². The SMILES string of the molecule is CCCNCc1ccn(CC(=O)Nc2ccc(Br)cc2)c1. The maximum Gasteiger partial charge on any atom is 0.244 e. The van der Waals surface area contributed by atoms with Gasteiger partial charge in [0.05, 0.1) is 0 Å². The number of carbonyl (C=O) groups is 1. The first kappa shape index (κ1) is 15.8. The molecule has 0 atom stereocenters. The highest BCUT2D eigenvalue weighted by molar-refractivity contribution is 9.10. The Bertz CT molecular complexity index is 577. The molecule has 1 heterocycles. The summed E-state index contributed by atoms with van der Waals surface area (Å²) in [4.78, 5) is 12.0. The zero-order chi connectivity index (χ0) is 15.1. The summed E-state index contributed by atoms with van der Waals surface area (Å²) in [5.41, 5.74) is 2.00. The van der Waals surface area contributed by atoms with Gasteiger partial charge in [-0.05, 0) is 48.9 Å². The van der Waals surface area contributed by atoms with E-state index in [1.54, 1.807) is 0 Å². The van der Waals surface area contributed by atoms with E-state index in [1.165, 1.54) is 5.56 Å². The summed E-state index contributed by atoms with van der Waals surface area (Å²) < 4.78 is 2.90. The molecule has 0 aliphatic carbocycles. The predicted molar refractivity (Wildman–Crippen MR) is 89.2 cm³/mol. The number of anilines is 1. The van der Waals surface area contributed by atoms with Gasteiger partial charge in [0.1, 0.15) is 6.54 Å². The molecule has 2 aromatic rings. The Morgan fingerprint density at radius 2 is 2.00 bits per heavy atom. The molecule has 112 valence electrons. The third-order valence-electron chi connectivity index (χ3n) is 3.02. The zero-order valence-corrected chi connectivity index (χ0v) is 13.7. The number of hydrogen-bond acceptors (Lipinski definition) is 2. The smallest absolute Gasteiger partial charge is 0.244 e. The minimum atomic E-state index is -0.0269. The van der Waals surface area contributed by atoms with E-state index >= 15 is 0 Å². The normalized spacial score (nSPS) is 10.6. The number of aromatic nitrogens is 1. The molecule has 0 fully saturated rings. The van der Waals surface area contributed by atoms with Crippen molar-refractivity contribution < 1.29 is 4.79 Å². The third kappa shape index (κ3) is 5.36. The predicted octanol–water partition coefficient (Wildman–Crippen LogP) is 3.39. The van der Waals surface area contributed by atoms with E-state index in [0.717, 1.165) is 29.7 Å². The lowest BCUT2D eigenvalue weighted by atomic mass is 10.3. The van der Waals surface area contributed by atoms with E-state index < -0.39 is 0 Å². The Balaban J connectivity index is 1.83. The molecular formula is C16H20BrN3O. The Morgan fingerprint density at radius 3 is 2.71 bits per heavy atom. The second-order valence-corrected chi connectivity index (χ2v) is 5.84. The quantitative estimate of drug-likeness (QED) is 0.752. The Labute approximate surface area is 133 Å². The van der Waals surface area contributed by atoms with Gasteiger partial charge in [-0.2, -0.15) is 0 Å². The van der Waals surface area contributed by atoms with E-state index in [0.29, 0.717) is 6.54 Å². The highest BCUT2D eigenvalue weighted by Crippen LogP contribution is 2.14. The fourth-order valence-corrected chi connectivity index (χ4v) is 2.27. The van der Waals surface area contributed by atoms with Crippen molar-refractivity contribution in [1.29, 1.82) is 0 Å². The molecule has 21 heavy (non-hydrogen) atoms. The summed E-state index contributed by atoms with van der Waals surface area (Å²) in [5, 5.41) is 6.23. The highest BCUT2D eigenvalue weighted by Gasteiger charge is 2.04. The van der Waals surface area contributed by atoms with Crippen LogP contribution in [0.2, 0.25) is 0 Å². The van der Waals surface area contributed by atoms with Gasteiger partial charge in [-0.1, -0.05) is 22.9 Å². The topological polar surface area (TPSA) is 46.1 Å². The van der Waals surface area contributed by atoms with Crippen LogP contribution in [-0.2, 0) is 17.9 Å². The second-order valence-electron chi connectivity index (χ2n) is 4.92. The van der Waals surface area contributed by atoms with Gasteiger partial charge in [0.2, 0.25) is 5.91 Å². The fraction of sp³-hybridized carbons (Fsp3) is 0.312. The van der Waals surface area contributed by atoms with Crippen molar-refractivity contribution in [2.45, 2.75) is 26.4 Å². The standard InChI is InChI=1S/C16H20BrN3O/c1-2-8-18-10-13-7-9-20(11-13)12-16(21)19-15-5-3-14(17)4-6-15/h3-7,9,11,18H,2,8,10,12H2,1H3,(H,19,21). The summed E-state index contributed by atoms with van der Waals surface area (Å²) in [5.74, 6) is -0.0269. The largest absolute Gasteiger partial charge is 0.345 e. The van der Waals surface area contributed by atoms with Crippen LogP contribution in [0.3, 0.4) is 0 Å². The van der Waals surface area contributed by atoms with Gasteiger partial charge < -0.3 is 15.2 Å². The van der Waals surface area contributed by atoms with E-state index in [1.807, 2.05) is 47.3 Å². The van der Waals surface area contributed by atoms with Crippen LogP contribution in [0.1, 0.15) is 18.9 Å². The molecule has 0 spiro atoms. The van der Waals surface area contributed by atoms with Crippen LogP contribution in [0, 0.1) is 0 Å². The van der Waals surface area contributed by atoms with Crippen LogP contribution in [0.5, 0.6) is 0 Å². The molecule has 2 rings (SSSR count). The molecule has 1 amide bonds. The van der Waals surface area contributed by atoms with Crippen LogP contribution >= 0.6 is 15.9 Å². The number of amides is 1. The number of nitrogens with zero attached hydrogens (tertiary/aromatic N) is 1. The first-order chi connectivity index (χ1) is 10.2. The second kappa shape index (κ2) is 8.00. The number of halogens is 1. The fourth-order valence-electron chi connectivity index (χ4n) is 2.00. The van der Waals surface area contributed by atoms with Crippen molar-refractivity contribution in [3.63, 3.8) is 0 Å². The van der Waals surface area contributed by atoms with Gasteiger partial charge in [0.25, 0.3) is 0 Å². The Hall–Kier alpha value is -1.59. The molecule has 5 heteroatoms. The molecular weight excluding hydrogens is 330 g/mol. The molecule has 2 N–H and O–H groups in total. The van der Waals surface area contributed by atoms with E-state index in [-0.39, 0.29) is 5.91 Å². The van der Waals surface area contributed by atoms with Crippen molar-refractivity contribution in [3.8, 4) is 0 Å². The summed E-state index contributed by atoms with van der Waals surface area (Å²) in [6.07, 6.45) is 5.06. The molecule has 0 radical (unpaired) electrons. The van der Waals surface area contributed by atoms with E-state index in [4.69, 9.17) is 0 Å². The first-order valence-electron chi connectivity index (χ1n) is 7.08. The van der Waals surface area contributed by atoms with Crippen LogP contribution in [-0.4, -0.2) is 17.0 Å². The molecule has 4 nitrogen and oxygen atoms in total. The first-order valence-corrected chi connectivity index (χ1v) is 7.87. The van der Waals surface area contributed by atoms with Gasteiger partial charge in [-0.25, -0.2) is 0 Å². The maximum absolute atomic E-state index is 12.0. The number of hydrogen-bond donors (Lipinski definition) is 2. The van der Waals surface area contributed by atoms with E-state index in [9.17, 15) is 4.79 Å². The highest BCUT2D eigenvalue weighted by atomic mass is 79.9. The van der Waals surface area contributed by atoms with Crippen molar-refractivity contribution >= 4 is 27.5 Å². The van der Waals surface area contributed by atoms with Gasteiger partial charge in [0.15, 0.2) is 0 Å². The molecule has 0 unspecified atom stereocenters. The maximum atomic E-state index is 12.0. The average Bonchev–Trinajstić information content (AvgIpc) is 2.89. The lowest BCUT2D eigenvalue weighted by Crippen LogP contribution is -2.18. The van der Waals surface area contributed by atoms with Crippen molar-refractivity contribution in [2.24, 2.45) is 0 Å². The minimum Gasteiger partial charge on any atom is -0.345 e. The van der Waals surface area contributed by atoms with Gasteiger partial charge in [-0.15, -0.1) is 0 Å². The number of benzene rings is 1. The number of nitrogens with one attached hydrogen (secondary N) is 2. The minimum absolute atomic E-state index is 0.0269. The van der Waals surface area contributed by atoms with Gasteiger partial charge in [0, 0.05) is 29.1 Å². The zero-order valence-electron chi connectivity index (χ0n) is 12.1. The number of carbonyl (C=O) groups excluding carboxylic acids is 1. The lowest BCUT2D eigenvalue weighted by molar-refractivity contribution is -0.116. The van der Waals surface area contributed by atoms with Crippen LogP contribution < -0.4 is 10.6 Å². The van der Waals surface area contributed by atoms with E-state index in [2.05, 4.69) is 33.5 Å². The monoisotopic (exact) mass is 349 g/mol. The molecule has 0 saturated heterocycles. The summed E-state index contributed by atoms with van der Waals surface area (Å²) in [7, 11) is 0. The van der Waals surface area contributed by atoms with Gasteiger partial charge >= 0.3 is 0 Å². The Morgan fingerprint density at radius 1 is 1.24 bits per heavy atom. The summed E-state index contributed by atoms with van der Waals surface area (Å²) in [6.45, 7) is 4.32. The summed E-state index contributed by atoms with van der Waals surface area (Å²) in [6, 6.07) is 9.59. The van der Waals surface area contributed by atoms with Crippen LogP contribution in [0.25, 0.3) is 0 Å². The lowest BCUT2D eigenvalue weighted by Gasteiger charge is -2.06. The van der Waals surface area contributed by atoms with Crippen molar-refractivity contribution in [2.75, 3.05) is 11.9 Å². The number of rotatable bonds is 7. The van der Waals surface area contributed by atoms with Crippen LogP contribution in [0.4, 0.5) is 5.69 Å². The molecule has 1 aromatic heterocycles.